The number of aliphatic hydroxyl groups is 2. The minimum absolute atomic E-state index is 0.0471. The molecule has 0 aromatic heterocycles. The fourth-order valence-electron chi connectivity index (χ4n) is 5.21. The van der Waals surface area contributed by atoms with E-state index in [2.05, 4.69) is 43.5 Å². The van der Waals surface area contributed by atoms with E-state index in [1.54, 1.807) is 0 Å². The van der Waals surface area contributed by atoms with E-state index >= 15 is 0 Å². The van der Waals surface area contributed by atoms with Gasteiger partial charge in [-0.3, -0.25) is 4.79 Å². The third-order valence-corrected chi connectivity index (χ3v) is 7.97. The first-order chi connectivity index (χ1) is 19.7. The van der Waals surface area contributed by atoms with Gasteiger partial charge in [-0.2, -0.15) is 0 Å². The number of carbonyl (C=O) groups is 1. The molecule has 0 aliphatic heterocycles. The van der Waals surface area contributed by atoms with Gasteiger partial charge in [-0.05, 0) is 44.9 Å². The van der Waals surface area contributed by atoms with Crippen LogP contribution in [0.5, 0.6) is 0 Å². The summed E-state index contributed by atoms with van der Waals surface area (Å²) in [5.41, 5.74) is 0. The molecule has 0 saturated carbocycles. The zero-order valence-corrected chi connectivity index (χ0v) is 26.9. The van der Waals surface area contributed by atoms with Crippen LogP contribution in [-0.4, -0.2) is 34.9 Å². The van der Waals surface area contributed by atoms with E-state index in [0.717, 1.165) is 44.9 Å². The van der Waals surface area contributed by atoms with Crippen molar-refractivity contribution < 1.29 is 15.0 Å². The second-order valence-electron chi connectivity index (χ2n) is 11.9. The molecule has 0 heterocycles. The second-order valence-corrected chi connectivity index (χ2v) is 11.9. The first-order valence-corrected chi connectivity index (χ1v) is 17.5. The highest BCUT2D eigenvalue weighted by Crippen LogP contribution is 2.14. The number of hydrogen-bond donors (Lipinski definition) is 3. The molecule has 0 fully saturated rings. The Morgan fingerprint density at radius 2 is 1.02 bits per heavy atom. The van der Waals surface area contributed by atoms with Gasteiger partial charge >= 0.3 is 0 Å². The zero-order valence-electron chi connectivity index (χ0n) is 26.9. The maximum absolute atomic E-state index is 12.3. The minimum atomic E-state index is -0.661. The van der Waals surface area contributed by atoms with E-state index in [4.69, 9.17) is 0 Å². The van der Waals surface area contributed by atoms with E-state index in [1.807, 2.05) is 0 Å². The van der Waals surface area contributed by atoms with Crippen molar-refractivity contribution in [1.82, 2.24) is 5.32 Å². The smallest absolute Gasteiger partial charge is 0.220 e. The molecule has 1 amide bonds. The lowest BCUT2D eigenvalue weighted by atomic mass is 10.0. The Kier molecular flexibility index (Phi) is 31.5. The summed E-state index contributed by atoms with van der Waals surface area (Å²) in [4.78, 5) is 12.3. The molecule has 2 atom stereocenters. The summed E-state index contributed by atoms with van der Waals surface area (Å²) in [6.07, 6.45) is 39.3. The predicted octanol–water partition coefficient (Wildman–Crippen LogP) is 10.1. The highest BCUT2D eigenvalue weighted by atomic mass is 16.3. The summed E-state index contributed by atoms with van der Waals surface area (Å²) in [5, 5.41) is 23.0. The molecular formula is C36H69NO3. The Labute approximate surface area is 249 Å². The Morgan fingerprint density at radius 3 is 1.55 bits per heavy atom. The SMILES string of the molecule is CCCCC/C=C\C/C=C\CCCCCCCC(=O)N[C@@H](CO)[C@H](O)CCCCCCCCCCCCCCC. The van der Waals surface area contributed by atoms with E-state index in [-0.39, 0.29) is 12.5 Å². The third kappa shape index (κ3) is 28.4. The van der Waals surface area contributed by atoms with Crippen molar-refractivity contribution in [2.45, 2.75) is 193 Å². The fraction of sp³-hybridized carbons (Fsp3) is 0.861. The molecule has 0 aromatic carbocycles. The molecule has 4 heteroatoms. The Hall–Kier alpha value is -1.13. The van der Waals surface area contributed by atoms with Gasteiger partial charge in [-0.15, -0.1) is 0 Å². The quantitative estimate of drug-likeness (QED) is 0.0580. The van der Waals surface area contributed by atoms with Crippen LogP contribution in [0.4, 0.5) is 0 Å². The molecule has 40 heavy (non-hydrogen) atoms. The van der Waals surface area contributed by atoms with Gasteiger partial charge in [0.25, 0.3) is 0 Å². The lowest BCUT2D eigenvalue weighted by molar-refractivity contribution is -0.123. The van der Waals surface area contributed by atoms with Gasteiger partial charge in [0.15, 0.2) is 0 Å². The van der Waals surface area contributed by atoms with Crippen molar-refractivity contribution in [2.24, 2.45) is 0 Å². The average Bonchev–Trinajstić information content (AvgIpc) is 2.96. The summed E-state index contributed by atoms with van der Waals surface area (Å²) in [6, 6.07) is -0.539. The normalized spacial score (nSPS) is 13.4. The molecule has 0 unspecified atom stereocenters. The van der Waals surface area contributed by atoms with Crippen molar-refractivity contribution >= 4 is 5.91 Å². The molecule has 236 valence electrons. The molecule has 0 saturated heterocycles. The molecule has 4 nitrogen and oxygen atoms in total. The molecule has 0 spiro atoms. The van der Waals surface area contributed by atoms with Gasteiger partial charge in [0, 0.05) is 6.42 Å². The lowest BCUT2D eigenvalue weighted by Gasteiger charge is -2.22. The summed E-state index contributed by atoms with van der Waals surface area (Å²) >= 11 is 0. The maximum Gasteiger partial charge on any atom is 0.220 e. The van der Waals surface area contributed by atoms with Crippen LogP contribution in [0.3, 0.4) is 0 Å². The van der Waals surface area contributed by atoms with E-state index in [0.29, 0.717) is 12.8 Å². The predicted molar refractivity (Wildman–Crippen MR) is 175 cm³/mol. The van der Waals surface area contributed by atoms with Gasteiger partial charge < -0.3 is 15.5 Å². The largest absolute Gasteiger partial charge is 0.394 e. The van der Waals surface area contributed by atoms with E-state index in [1.165, 1.54) is 109 Å². The van der Waals surface area contributed by atoms with Crippen LogP contribution in [0.15, 0.2) is 24.3 Å². The van der Waals surface area contributed by atoms with Gasteiger partial charge in [0.05, 0.1) is 18.8 Å². The van der Waals surface area contributed by atoms with E-state index < -0.39 is 12.1 Å². The van der Waals surface area contributed by atoms with Crippen molar-refractivity contribution in [3.8, 4) is 0 Å². The second kappa shape index (κ2) is 32.4. The van der Waals surface area contributed by atoms with E-state index in [9.17, 15) is 15.0 Å². The highest BCUT2D eigenvalue weighted by molar-refractivity contribution is 5.76. The van der Waals surface area contributed by atoms with Crippen LogP contribution in [0.1, 0.15) is 181 Å². The highest BCUT2D eigenvalue weighted by Gasteiger charge is 2.19. The molecule has 0 aromatic rings. The van der Waals surface area contributed by atoms with Crippen LogP contribution in [0, 0.1) is 0 Å². The summed E-state index contributed by atoms with van der Waals surface area (Å²) in [5.74, 6) is -0.0471. The Bertz CT molecular complexity index is 574. The van der Waals surface area contributed by atoms with Gasteiger partial charge in [0.2, 0.25) is 5.91 Å². The number of rotatable bonds is 31. The molecule has 0 aliphatic carbocycles. The monoisotopic (exact) mass is 564 g/mol. The van der Waals surface area contributed by atoms with Crippen LogP contribution in [0.25, 0.3) is 0 Å². The fourth-order valence-corrected chi connectivity index (χ4v) is 5.21. The molecular weight excluding hydrogens is 494 g/mol. The van der Waals surface area contributed by atoms with Crippen LogP contribution >= 0.6 is 0 Å². The molecule has 0 rings (SSSR count). The molecule has 0 radical (unpaired) electrons. The summed E-state index contributed by atoms with van der Waals surface area (Å²) < 4.78 is 0. The lowest BCUT2D eigenvalue weighted by Crippen LogP contribution is -2.45. The number of unbranched alkanes of at least 4 members (excludes halogenated alkanes) is 20. The zero-order chi connectivity index (χ0) is 29.4. The first-order valence-electron chi connectivity index (χ1n) is 17.5. The first kappa shape index (κ1) is 38.9. The van der Waals surface area contributed by atoms with Crippen LogP contribution in [0.2, 0.25) is 0 Å². The average molecular weight is 564 g/mol. The molecule has 3 N–H and O–H groups in total. The number of aliphatic hydroxyl groups excluding tert-OH is 2. The standard InChI is InChI=1S/C36H69NO3/c1-3-5-7-9-11-13-15-17-18-20-22-24-26-28-30-32-36(40)37-34(33-38)35(39)31-29-27-25-23-21-19-16-14-12-10-8-6-4-2/h11,13,17-18,34-35,38-39H,3-10,12,14-16,19-33H2,1-2H3,(H,37,40)/b13-11-,18-17-/t34-,35+/m0/s1. The van der Waals surface area contributed by atoms with Crippen molar-refractivity contribution in [3.05, 3.63) is 24.3 Å². The minimum Gasteiger partial charge on any atom is -0.394 e. The topological polar surface area (TPSA) is 69.6 Å². The maximum atomic E-state index is 12.3. The number of allylic oxidation sites excluding steroid dienone is 4. The number of hydrogen-bond acceptors (Lipinski definition) is 3. The van der Waals surface area contributed by atoms with Crippen molar-refractivity contribution in [3.63, 3.8) is 0 Å². The van der Waals surface area contributed by atoms with Crippen LogP contribution in [-0.2, 0) is 4.79 Å². The Balaban J connectivity index is 3.61. The third-order valence-electron chi connectivity index (χ3n) is 7.97. The molecule has 0 aliphatic rings. The van der Waals surface area contributed by atoms with Gasteiger partial charge in [-0.1, -0.05) is 154 Å². The van der Waals surface area contributed by atoms with Crippen LogP contribution < -0.4 is 5.32 Å². The van der Waals surface area contributed by atoms with Gasteiger partial charge in [-0.25, -0.2) is 0 Å². The van der Waals surface area contributed by atoms with Gasteiger partial charge in [0.1, 0.15) is 0 Å². The van der Waals surface area contributed by atoms with Crippen molar-refractivity contribution in [1.29, 1.82) is 0 Å². The Morgan fingerprint density at radius 1 is 0.600 bits per heavy atom. The molecule has 0 bridgehead atoms. The number of amides is 1. The number of carbonyl (C=O) groups excluding carboxylic acids is 1. The van der Waals surface area contributed by atoms with Crippen molar-refractivity contribution in [2.75, 3.05) is 6.61 Å². The summed E-state index contributed by atoms with van der Waals surface area (Å²) in [7, 11) is 0. The number of nitrogens with one attached hydrogen (secondary N) is 1. The summed E-state index contributed by atoms with van der Waals surface area (Å²) in [6.45, 7) is 4.31.